The molecule has 0 radical (unpaired) electrons. The third-order valence-electron chi connectivity index (χ3n) is 7.07. The molecule has 0 aromatic heterocycles. The van der Waals surface area contributed by atoms with Gasteiger partial charge in [-0.1, -0.05) is 54.6 Å². The van der Waals surface area contributed by atoms with Crippen LogP contribution in [0.1, 0.15) is 56.8 Å². The highest BCUT2D eigenvalue weighted by Crippen LogP contribution is 2.32. The van der Waals surface area contributed by atoms with Gasteiger partial charge in [0.25, 0.3) is 5.91 Å². The first kappa shape index (κ1) is 25.1. The molecule has 0 fully saturated rings. The van der Waals surface area contributed by atoms with Gasteiger partial charge in [0.1, 0.15) is 0 Å². The van der Waals surface area contributed by atoms with Crippen molar-refractivity contribution in [3.8, 4) is 11.1 Å². The van der Waals surface area contributed by atoms with Crippen LogP contribution in [-0.2, 0) is 17.7 Å². The minimum Gasteiger partial charge on any atom is -0.465 e. The van der Waals surface area contributed by atoms with Gasteiger partial charge in [0.2, 0.25) is 0 Å². The number of benzene rings is 3. The van der Waals surface area contributed by atoms with Crippen LogP contribution in [0.4, 0.5) is 5.69 Å². The SMILES string of the molecule is COC(=O)c1ccc(-c2cc#ccc2CN2CCCc3cc(C(=O)N[C@@H](C)c4ccccc4)ccc32)cc1. The van der Waals surface area contributed by atoms with E-state index in [1.807, 2.05) is 73.7 Å². The lowest BCUT2D eigenvalue weighted by molar-refractivity contribution is 0.0600. The molecule has 38 heavy (non-hydrogen) atoms. The van der Waals surface area contributed by atoms with Crippen molar-refractivity contribution >= 4 is 17.6 Å². The molecule has 1 amide bonds. The highest BCUT2D eigenvalue weighted by Gasteiger charge is 2.21. The summed E-state index contributed by atoms with van der Waals surface area (Å²) >= 11 is 0. The van der Waals surface area contributed by atoms with E-state index < -0.39 is 0 Å². The predicted octanol–water partition coefficient (Wildman–Crippen LogP) is 6.18. The molecule has 1 atom stereocenters. The van der Waals surface area contributed by atoms with Crippen LogP contribution in [0.3, 0.4) is 0 Å². The van der Waals surface area contributed by atoms with Crippen LogP contribution in [0, 0.1) is 12.1 Å². The Labute approximate surface area is 224 Å². The van der Waals surface area contributed by atoms with Gasteiger partial charge in [-0.2, -0.15) is 0 Å². The van der Waals surface area contributed by atoms with Gasteiger partial charge >= 0.3 is 5.97 Å². The van der Waals surface area contributed by atoms with Crippen LogP contribution in [-0.4, -0.2) is 25.5 Å². The largest absolute Gasteiger partial charge is 0.465 e. The molecule has 0 bridgehead atoms. The Morgan fingerprint density at radius 1 is 0.974 bits per heavy atom. The van der Waals surface area contributed by atoms with Crippen LogP contribution in [0.5, 0.6) is 0 Å². The van der Waals surface area contributed by atoms with Crippen molar-refractivity contribution in [2.24, 2.45) is 0 Å². The molecular formula is C33H30N2O3. The lowest BCUT2D eigenvalue weighted by atomic mass is 9.96. The Morgan fingerprint density at radius 3 is 2.47 bits per heavy atom. The van der Waals surface area contributed by atoms with Gasteiger partial charge in [-0.3, -0.25) is 4.79 Å². The number of carbonyl (C=O) groups excluding carboxylic acids is 2. The summed E-state index contributed by atoms with van der Waals surface area (Å²) in [7, 11) is 1.38. The van der Waals surface area contributed by atoms with E-state index >= 15 is 0 Å². The summed E-state index contributed by atoms with van der Waals surface area (Å²) in [6.07, 6.45) is 1.96. The number of aryl methyl sites for hydroxylation is 1. The third-order valence-corrected chi connectivity index (χ3v) is 7.07. The number of anilines is 1. The summed E-state index contributed by atoms with van der Waals surface area (Å²) in [4.78, 5) is 27.2. The number of amides is 1. The van der Waals surface area contributed by atoms with E-state index in [2.05, 4.69) is 28.4 Å². The number of fused-ring (bicyclic) bond motifs is 1. The van der Waals surface area contributed by atoms with Gasteiger partial charge in [-0.25, -0.2) is 4.79 Å². The molecule has 1 aliphatic heterocycles. The molecule has 5 nitrogen and oxygen atoms in total. The monoisotopic (exact) mass is 502 g/mol. The molecule has 4 aromatic carbocycles. The zero-order chi connectivity index (χ0) is 26.5. The maximum Gasteiger partial charge on any atom is 0.337 e. The van der Waals surface area contributed by atoms with Crippen LogP contribution < -0.4 is 10.2 Å². The quantitative estimate of drug-likeness (QED) is 0.307. The number of methoxy groups -OCH3 is 1. The molecule has 5 rings (SSSR count). The van der Waals surface area contributed by atoms with E-state index in [4.69, 9.17) is 4.74 Å². The number of hydrogen-bond acceptors (Lipinski definition) is 4. The van der Waals surface area contributed by atoms with Gasteiger partial charge in [-0.15, -0.1) is 0 Å². The molecule has 1 aliphatic rings. The van der Waals surface area contributed by atoms with Crippen molar-refractivity contribution in [1.82, 2.24) is 5.32 Å². The van der Waals surface area contributed by atoms with Crippen LogP contribution in [0.25, 0.3) is 11.1 Å². The molecule has 4 aromatic rings. The van der Waals surface area contributed by atoms with Crippen LogP contribution >= 0.6 is 0 Å². The Bertz CT molecular complexity index is 1430. The number of nitrogens with zero attached hydrogens (tertiary/aromatic N) is 1. The number of nitrogens with one attached hydrogen (secondary N) is 1. The van der Waals surface area contributed by atoms with E-state index in [1.165, 1.54) is 12.7 Å². The van der Waals surface area contributed by atoms with Crippen LogP contribution in [0.15, 0.2) is 84.9 Å². The normalized spacial score (nSPS) is 13.2. The summed E-state index contributed by atoms with van der Waals surface area (Å²) < 4.78 is 4.82. The number of carbonyl (C=O) groups is 2. The summed E-state index contributed by atoms with van der Waals surface area (Å²) in [6.45, 7) is 3.65. The average molecular weight is 503 g/mol. The first-order chi connectivity index (χ1) is 18.5. The van der Waals surface area contributed by atoms with E-state index in [1.54, 1.807) is 12.1 Å². The molecule has 1 N–H and O–H groups in total. The summed E-state index contributed by atoms with van der Waals surface area (Å²) in [5.41, 5.74) is 7.82. The Morgan fingerprint density at radius 2 is 1.71 bits per heavy atom. The van der Waals surface area contributed by atoms with E-state index in [9.17, 15) is 9.59 Å². The maximum atomic E-state index is 13.0. The smallest absolute Gasteiger partial charge is 0.337 e. The second-order valence-corrected chi connectivity index (χ2v) is 9.56. The van der Waals surface area contributed by atoms with E-state index in [-0.39, 0.29) is 17.9 Å². The third kappa shape index (κ3) is 5.40. The van der Waals surface area contributed by atoms with E-state index in [0.29, 0.717) is 17.7 Å². The standard InChI is InChI=1S/C33H30N2O3/c1-23(24-9-4-3-5-10-24)34-32(36)28-18-19-31-27(21-28)12-8-20-35(31)22-29-11-6-7-13-30(29)25-14-16-26(17-15-25)33(37)38-2/h3-5,9-11,13-19,21,23H,8,12,20,22H2,1-2H3,(H,34,36)/t23-/m0/s1. The molecule has 0 unspecified atom stereocenters. The second kappa shape index (κ2) is 11.2. The Balaban J connectivity index is 1.34. The number of rotatable bonds is 7. The van der Waals surface area contributed by atoms with Crippen molar-refractivity contribution in [1.29, 1.82) is 0 Å². The molecule has 0 saturated carbocycles. The number of esters is 1. The molecule has 190 valence electrons. The topological polar surface area (TPSA) is 58.6 Å². The summed E-state index contributed by atoms with van der Waals surface area (Å²) in [5, 5.41) is 3.12. The van der Waals surface area contributed by atoms with Gasteiger partial charge in [0.05, 0.1) is 18.7 Å². The molecular weight excluding hydrogens is 472 g/mol. The van der Waals surface area contributed by atoms with Crippen molar-refractivity contribution in [2.75, 3.05) is 18.6 Å². The van der Waals surface area contributed by atoms with Gasteiger partial charge in [0.15, 0.2) is 0 Å². The van der Waals surface area contributed by atoms with E-state index in [0.717, 1.165) is 47.3 Å². The van der Waals surface area contributed by atoms with Gasteiger partial charge in [0, 0.05) is 24.3 Å². The summed E-state index contributed by atoms with van der Waals surface area (Å²) in [5.74, 6) is -0.413. The number of ether oxygens (including phenoxy) is 1. The molecule has 0 aliphatic carbocycles. The number of hydrogen-bond donors (Lipinski definition) is 1. The molecule has 0 saturated heterocycles. The van der Waals surface area contributed by atoms with Gasteiger partial charge < -0.3 is 15.0 Å². The summed E-state index contributed by atoms with van der Waals surface area (Å²) in [6, 6.07) is 33.5. The van der Waals surface area contributed by atoms with Crippen LogP contribution in [0.2, 0.25) is 0 Å². The molecule has 0 spiro atoms. The fourth-order valence-corrected chi connectivity index (χ4v) is 5.01. The lowest BCUT2D eigenvalue weighted by Gasteiger charge is -2.32. The lowest BCUT2D eigenvalue weighted by Crippen LogP contribution is -2.30. The Hall–Kier alpha value is -4.56. The zero-order valence-corrected chi connectivity index (χ0v) is 21.7. The molecule has 5 heteroatoms. The first-order valence-electron chi connectivity index (χ1n) is 12.9. The van der Waals surface area contributed by atoms with Crippen molar-refractivity contribution in [3.05, 3.63) is 125 Å². The predicted molar refractivity (Wildman–Crippen MR) is 149 cm³/mol. The fourth-order valence-electron chi connectivity index (χ4n) is 5.01. The first-order valence-corrected chi connectivity index (χ1v) is 12.9. The zero-order valence-electron chi connectivity index (χ0n) is 21.7. The highest BCUT2D eigenvalue weighted by molar-refractivity contribution is 5.95. The minimum absolute atomic E-state index is 0.0628. The minimum atomic E-state index is -0.350. The van der Waals surface area contributed by atoms with Gasteiger partial charge in [-0.05, 0) is 90.0 Å². The Kier molecular flexibility index (Phi) is 7.42. The fraction of sp³-hybridized carbons (Fsp3) is 0.212. The maximum absolute atomic E-state index is 13.0. The van der Waals surface area contributed by atoms with Crippen molar-refractivity contribution < 1.29 is 14.3 Å². The van der Waals surface area contributed by atoms with Crippen molar-refractivity contribution in [2.45, 2.75) is 32.4 Å². The highest BCUT2D eigenvalue weighted by atomic mass is 16.5. The second-order valence-electron chi connectivity index (χ2n) is 9.56. The average Bonchev–Trinajstić information content (AvgIpc) is 2.97. The molecule has 1 heterocycles. The van der Waals surface area contributed by atoms with Crippen molar-refractivity contribution in [3.63, 3.8) is 0 Å².